The van der Waals surface area contributed by atoms with Crippen LogP contribution in [0.25, 0.3) is 0 Å². The second-order valence-corrected chi connectivity index (χ2v) is 16.5. The first-order valence-corrected chi connectivity index (χ1v) is 19.8. The highest BCUT2D eigenvalue weighted by molar-refractivity contribution is 7.90. The average Bonchev–Trinajstić information content (AvgIpc) is 3.86. The summed E-state index contributed by atoms with van der Waals surface area (Å²) in [5.41, 5.74) is 3.30. The third-order valence-electron chi connectivity index (χ3n) is 10.5. The number of anilines is 1. The lowest BCUT2D eigenvalue weighted by Crippen LogP contribution is -2.43. The number of aliphatic hydroxyl groups is 1. The number of allylic oxidation sites excluding steroid dienone is 2. The molecule has 2 aromatic carbocycles. The third kappa shape index (κ3) is 9.45. The summed E-state index contributed by atoms with van der Waals surface area (Å²) in [5.74, 6) is 0.715. The Morgan fingerprint density at radius 2 is 1.96 bits per heavy atom. The van der Waals surface area contributed by atoms with Crippen LogP contribution in [0.4, 0.5) is 5.69 Å². The second-order valence-electron chi connectivity index (χ2n) is 14.2. The molecule has 5 rings (SSSR count). The third-order valence-corrected chi connectivity index (χ3v) is 12.6. The van der Waals surface area contributed by atoms with Gasteiger partial charge in [-0.05, 0) is 116 Å². The van der Waals surface area contributed by atoms with Crippen LogP contribution >= 0.6 is 11.6 Å². The molecule has 0 spiro atoms. The predicted molar refractivity (Wildman–Crippen MR) is 195 cm³/mol. The minimum Gasteiger partial charge on any atom is -0.487 e. The number of halogens is 1. The summed E-state index contributed by atoms with van der Waals surface area (Å²) in [5, 5.41) is 11.0. The van der Waals surface area contributed by atoms with Gasteiger partial charge in [0.05, 0.1) is 17.0 Å². The topological polar surface area (TPSA) is 95.9 Å². The van der Waals surface area contributed by atoms with Crippen molar-refractivity contribution < 1.29 is 23.1 Å². The maximum atomic E-state index is 13.7. The number of nitrogens with zero attached hydrogens (tertiary/aromatic N) is 1. The van der Waals surface area contributed by atoms with Crippen molar-refractivity contribution in [3.63, 3.8) is 0 Å². The van der Waals surface area contributed by atoms with Gasteiger partial charge in [-0.25, -0.2) is 13.1 Å². The maximum absolute atomic E-state index is 13.7. The average molecular weight is 697 g/mol. The smallest absolute Gasteiger partial charge is 0.264 e. The molecule has 262 valence electrons. The molecule has 1 aliphatic heterocycles. The molecule has 2 fully saturated rings. The number of unbranched alkanes of at least 4 members (excludes halogenated alkanes) is 1. The van der Waals surface area contributed by atoms with Gasteiger partial charge in [-0.2, -0.15) is 0 Å². The van der Waals surface area contributed by atoms with E-state index in [4.69, 9.17) is 16.3 Å². The molecule has 2 aromatic rings. The molecule has 48 heavy (non-hydrogen) atoms. The van der Waals surface area contributed by atoms with Crippen molar-refractivity contribution in [2.75, 3.05) is 18.0 Å². The van der Waals surface area contributed by atoms with Crippen LogP contribution in [0.5, 0.6) is 5.75 Å². The van der Waals surface area contributed by atoms with Gasteiger partial charge in [0.1, 0.15) is 12.4 Å². The fraction of sp³-hybridized carbons (Fsp3) is 0.564. The predicted octanol–water partition coefficient (Wildman–Crippen LogP) is 8.25. The zero-order valence-corrected chi connectivity index (χ0v) is 30.2. The van der Waals surface area contributed by atoms with E-state index in [1.54, 1.807) is 24.3 Å². The van der Waals surface area contributed by atoms with Gasteiger partial charge in [-0.1, -0.05) is 69.0 Å². The number of hydrogen-bond acceptors (Lipinski definition) is 6. The molecule has 5 atom stereocenters. The lowest BCUT2D eigenvalue weighted by molar-refractivity contribution is 0.0461. The van der Waals surface area contributed by atoms with Crippen LogP contribution in [0.2, 0.25) is 5.02 Å². The number of ether oxygens (including phenoxy) is 1. The highest BCUT2D eigenvalue weighted by Crippen LogP contribution is 2.41. The maximum Gasteiger partial charge on any atom is 0.264 e. The van der Waals surface area contributed by atoms with Crippen molar-refractivity contribution >= 4 is 33.2 Å². The summed E-state index contributed by atoms with van der Waals surface area (Å²) >= 11 is 6.35. The molecule has 0 unspecified atom stereocenters. The van der Waals surface area contributed by atoms with Gasteiger partial charge in [0.15, 0.2) is 0 Å². The van der Waals surface area contributed by atoms with Crippen molar-refractivity contribution in [3.8, 4) is 5.75 Å². The number of amides is 1. The number of hydrogen-bond donors (Lipinski definition) is 2. The molecule has 2 aliphatic carbocycles. The number of fused-ring (bicyclic) bond motifs is 2. The minimum atomic E-state index is -3.92. The van der Waals surface area contributed by atoms with Gasteiger partial charge in [0.2, 0.25) is 10.0 Å². The number of rotatable bonds is 14. The van der Waals surface area contributed by atoms with Gasteiger partial charge in [-0.3, -0.25) is 4.79 Å². The summed E-state index contributed by atoms with van der Waals surface area (Å²) in [4.78, 5) is 16.0. The summed E-state index contributed by atoms with van der Waals surface area (Å²) in [6.07, 6.45) is 15.2. The molecule has 7 nitrogen and oxygen atoms in total. The Morgan fingerprint density at radius 1 is 1.15 bits per heavy atom. The normalized spacial score (nSPS) is 21.9. The van der Waals surface area contributed by atoms with Gasteiger partial charge in [-0.15, -0.1) is 6.58 Å². The van der Waals surface area contributed by atoms with Crippen LogP contribution in [-0.4, -0.2) is 43.9 Å². The van der Waals surface area contributed by atoms with Crippen molar-refractivity contribution in [1.29, 1.82) is 0 Å². The fourth-order valence-corrected chi connectivity index (χ4v) is 9.17. The largest absolute Gasteiger partial charge is 0.487 e. The molecule has 9 heteroatoms. The Labute approximate surface area is 292 Å². The molecular weight excluding hydrogens is 644 g/mol. The lowest BCUT2D eigenvalue weighted by atomic mass is 9.70. The van der Waals surface area contributed by atoms with Crippen molar-refractivity contribution in [2.45, 2.75) is 102 Å². The first kappa shape index (κ1) is 36.5. The Bertz CT molecular complexity index is 1560. The van der Waals surface area contributed by atoms with Crippen LogP contribution in [0.15, 0.2) is 61.2 Å². The first-order valence-electron chi connectivity index (χ1n) is 17.9. The summed E-state index contributed by atoms with van der Waals surface area (Å²) in [7, 11) is -3.92. The highest BCUT2D eigenvalue weighted by Gasteiger charge is 2.38. The Hall–Kier alpha value is -2.81. The number of sulfonamides is 1. The van der Waals surface area contributed by atoms with E-state index >= 15 is 0 Å². The first-order chi connectivity index (χ1) is 23.1. The molecule has 3 aliphatic rings. The van der Waals surface area contributed by atoms with Crippen LogP contribution in [0, 0.1) is 23.7 Å². The molecule has 0 radical (unpaired) electrons. The molecule has 1 amide bonds. The summed E-state index contributed by atoms with van der Waals surface area (Å²) in [6.45, 7) is 9.66. The van der Waals surface area contributed by atoms with E-state index in [0.717, 1.165) is 75.6 Å². The van der Waals surface area contributed by atoms with E-state index in [2.05, 4.69) is 29.2 Å². The zero-order chi connectivity index (χ0) is 34.3. The van der Waals surface area contributed by atoms with Crippen LogP contribution < -0.4 is 14.4 Å². The monoisotopic (exact) mass is 696 g/mol. The number of nitrogens with one attached hydrogen (secondary N) is 1. The summed E-state index contributed by atoms with van der Waals surface area (Å²) in [6, 6.07) is 11.1. The van der Waals surface area contributed by atoms with Crippen LogP contribution in [0.3, 0.4) is 0 Å². The number of aryl methyl sites for hydroxylation is 1. The van der Waals surface area contributed by atoms with E-state index < -0.39 is 27.3 Å². The van der Waals surface area contributed by atoms with E-state index in [1.165, 1.54) is 5.56 Å². The van der Waals surface area contributed by atoms with Crippen LogP contribution in [-0.2, 0) is 23.1 Å². The molecular formula is C39H53ClN2O5S. The second kappa shape index (κ2) is 16.7. The van der Waals surface area contributed by atoms with Crippen molar-refractivity contribution in [3.05, 3.63) is 82.9 Å². The molecule has 0 saturated heterocycles. The van der Waals surface area contributed by atoms with Crippen LogP contribution in [0.1, 0.15) is 99.5 Å². The van der Waals surface area contributed by atoms with Gasteiger partial charge in [0.25, 0.3) is 5.91 Å². The Balaban J connectivity index is 1.42. The fourth-order valence-electron chi connectivity index (χ4n) is 7.20. The molecule has 0 bridgehead atoms. The summed E-state index contributed by atoms with van der Waals surface area (Å²) < 4.78 is 36.2. The van der Waals surface area contributed by atoms with Crippen molar-refractivity contribution in [2.24, 2.45) is 23.7 Å². The lowest BCUT2D eigenvalue weighted by Gasteiger charge is -2.42. The molecule has 1 heterocycles. The van der Waals surface area contributed by atoms with Crippen molar-refractivity contribution in [1.82, 2.24) is 4.72 Å². The molecule has 2 saturated carbocycles. The quantitative estimate of drug-likeness (QED) is 0.193. The Kier molecular flexibility index (Phi) is 12.7. The molecule has 2 N–H and O–H groups in total. The van der Waals surface area contributed by atoms with Gasteiger partial charge >= 0.3 is 0 Å². The van der Waals surface area contributed by atoms with E-state index in [9.17, 15) is 18.3 Å². The highest BCUT2D eigenvalue weighted by atomic mass is 35.5. The zero-order valence-electron chi connectivity index (χ0n) is 28.6. The van der Waals surface area contributed by atoms with E-state index in [1.807, 2.05) is 31.2 Å². The minimum absolute atomic E-state index is 0.148. The Morgan fingerprint density at radius 3 is 2.67 bits per heavy atom. The number of benzene rings is 2. The SMILES string of the molecule is C=CC[C@@H](C)[C@H](CC1CC1)S(=O)(=O)NC(=O)c1ccc2c(c1)N(C[C@@H]1CC[C@H]1[C@@H](O)/C=C/CCC)CCCCc1cc(Cl)ccc1CO2. The number of aliphatic hydroxyl groups excluding tert-OH is 1. The number of carbonyl (C=O) groups excluding carboxylic acids is 1. The van der Waals surface area contributed by atoms with Gasteiger partial charge < -0.3 is 14.7 Å². The number of carbonyl (C=O) groups is 1. The van der Waals surface area contributed by atoms with Gasteiger partial charge in [0, 0.05) is 23.7 Å². The standard InChI is InChI=1S/C39H53ClN2O5S/c1-4-6-7-12-36(43)34-19-16-31(34)25-42-21-9-8-11-29-23-33(40)18-15-32(29)26-47-37-20-17-30(24-35(37)42)39(44)41-48(45,46)38(22-28-13-14-28)27(3)10-5-2/h5,7,12,15,17-18,20,23-24,27-28,31,34,36,38,43H,2,4,6,8-11,13-14,16,19,21-22,25-26H2,1,3H3,(H,41,44)/b12-7+/t27-,31+,34-,36+,38+/m1/s1. The molecule has 0 aromatic heterocycles. The van der Waals surface area contributed by atoms with E-state index in [-0.39, 0.29) is 23.3 Å². The van der Waals surface area contributed by atoms with E-state index in [0.29, 0.717) is 42.7 Å².